The van der Waals surface area contributed by atoms with Crippen LogP contribution in [0.5, 0.6) is 0 Å². The van der Waals surface area contributed by atoms with Gasteiger partial charge in [0.25, 0.3) is 0 Å². The molecule has 0 aliphatic carbocycles. The van der Waals surface area contributed by atoms with Crippen molar-refractivity contribution in [2.24, 2.45) is 0 Å². The summed E-state index contributed by atoms with van der Waals surface area (Å²) >= 11 is 6.08. The predicted molar refractivity (Wildman–Crippen MR) is 107 cm³/mol. The van der Waals surface area contributed by atoms with E-state index in [9.17, 15) is 5.11 Å². The van der Waals surface area contributed by atoms with Gasteiger partial charge in [-0.1, -0.05) is 29.8 Å². The van der Waals surface area contributed by atoms with Gasteiger partial charge in [-0.2, -0.15) is 5.10 Å². The third-order valence-electron chi connectivity index (χ3n) is 4.38. The molecule has 0 spiro atoms. The van der Waals surface area contributed by atoms with E-state index in [1.807, 2.05) is 60.4 Å². The van der Waals surface area contributed by atoms with Crippen LogP contribution in [0.15, 0.2) is 61.1 Å². The second-order valence-corrected chi connectivity index (χ2v) is 6.57. The van der Waals surface area contributed by atoms with Crippen molar-refractivity contribution in [2.75, 3.05) is 18.1 Å². The average molecular weight is 380 g/mol. The molecule has 27 heavy (non-hydrogen) atoms. The predicted octanol–water partition coefficient (Wildman–Crippen LogP) is 3.91. The Kier molecular flexibility index (Phi) is 4.75. The third-order valence-corrected chi connectivity index (χ3v) is 4.61. The van der Waals surface area contributed by atoms with Crippen LogP contribution in [0.1, 0.15) is 5.56 Å². The number of para-hydroxylation sites is 1. The number of anilines is 2. The number of aliphatic hydroxyl groups is 1. The first kappa shape index (κ1) is 17.5. The maximum absolute atomic E-state index is 9.56. The molecule has 1 N–H and O–H groups in total. The van der Waals surface area contributed by atoms with Crippen molar-refractivity contribution >= 4 is 34.1 Å². The number of fused-ring (bicyclic) bond motifs is 1. The van der Waals surface area contributed by atoms with Crippen LogP contribution in [0, 0.1) is 6.92 Å². The van der Waals surface area contributed by atoms with Crippen molar-refractivity contribution in [1.82, 2.24) is 19.7 Å². The largest absolute Gasteiger partial charge is 0.395 e. The van der Waals surface area contributed by atoms with E-state index in [-0.39, 0.29) is 6.61 Å². The Labute approximate surface area is 161 Å². The lowest BCUT2D eigenvalue weighted by Gasteiger charge is -2.23. The number of hydrogen-bond acceptors (Lipinski definition) is 5. The van der Waals surface area contributed by atoms with Gasteiger partial charge in [-0.25, -0.2) is 14.6 Å². The molecule has 0 saturated carbocycles. The summed E-state index contributed by atoms with van der Waals surface area (Å²) < 4.78 is 1.79. The molecule has 2 aromatic heterocycles. The number of aryl methyl sites for hydroxylation is 1. The monoisotopic (exact) mass is 379 g/mol. The van der Waals surface area contributed by atoms with E-state index >= 15 is 0 Å². The summed E-state index contributed by atoms with van der Waals surface area (Å²) in [5.74, 6) is 0.707. The van der Waals surface area contributed by atoms with E-state index in [1.54, 1.807) is 10.9 Å². The molecule has 0 saturated heterocycles. The zero-order chi connectivity index (χ0) is 18.8. The first-order valence-corrected chi connectivity index (χ1v) is 8.95. The highest BCUT2D eigenvalue weighted by Gasteiger charge is 2.18. The molecule has 7 heteroatoms. The lowest BCUT2D eigenvalue weighted by molar-refractivity contribution is 0.305. The van der Waals surface area contributed by atoms with Crippen molar-refractivity contribution in [2.45, 2.75) is 6.92 Å². The molecular formula is C20H18ClN5O. The Morgan fingerprint density at radius 3 is 2.67 bits per heavy atom. The quantitative estimate of drug-likeness (QED) is 0.569. The SMILES string of the molecule is Cc1cc(Cl)ccc1-n1ncc2c(N(CCO)c3ccccc3)ncnc21. The molecule has 0 aliphatic heterocycles. The highest BCUT2D eigenvalue weighted by atomic mass is 35.5. The maximum atomic E-state index is 9.56. The van der Waals surface area contributed by atoms with E-state index in [1.165, 1.54) is 6.33 Å². The van der Waals surface area contributed by atoms with Crippen LogP contribution < -0.4 is 4.90 Å². The molecule has 0 amide bonds. The van der Waals surface area contributed by atoms with Gasteiger partial charge in [0.1, 0.15) is 12.1 Å². The lowest BCUT2D eigenvalue weighted by atomic mass is 10.2. The van der Waals surface area contributed by atoms with Crippen molar-refractivity contribution in [1.29, 1.82) is 0 Å². The van der Waals surface area contributed by atoms with E-state index < -0.39 is 0 Å². The van der Waals surface area contributed by atoms with E-state index in [2.05, 4.69) is 15.1 Å². The summed E-state index contributed by atoms with van der Waals surface area (Å²) in [6, 6.07) is 15.5. The van der Waals surface area contributed by atoms with Gasteiger partial charge < -0.3 is 10.0 Å². The summed E-state index contributed by atoms with van der Waals surface area (Å²) in [4.78, 5) is 10.9. The Balaban J connectivity index is 1.87. The number of rotatable bonds is 5. The summed E-state index contributed by atoms with van der Waals surface area (Å²) in [6.07, 6.45) is 3.28. The number of aliphatic hydroxyl groups excluding tert-OH is 1. The van der Waals surface area contributed by atoms with Crippen molar-refractivity contribution in [3.63, 3.8) is 0 Å². The fourth-order valence-electron chi connectivity index (χ4n) is 3.14. The molecule has 0 unspecified atom stereocenters. The van der Waals surface area contributed by atoms with E-state index in [0.717, 1.165) is 22.3 Å². The second kappa shape index (κ2) is 7.34. The molecule has 6 nitrogen and oxygen atoms in total. The molecule has 0 fully saturated rings. The smallest absolute Gasteiger partial charge is 0.168 e. The van der Waals surface area contributed by atoms with Gasteiger partial charge in [0.05, 0.1) is 23.9 Å². The van der Waals surface area contributed by atoms with Gasteiger partial charge in [0.2, 0.25) is 0 Å². The molecule has 0 radical (unpaired) electrons. The van der Waals surface area contributed by atoms with Gasteiger partial charge in [-0.15, -0.1) is 0 Å². The Hall–Kier alpha value is -2.96. The normalized spacial score (nSPS) is 11.1. The summed E-state index contributed by atoms with van der Waals surface area (Å²) in [6.45, 7) is 2.41. The Bertz CT molecular complexity index is 1080. The molecule has 2 heterocycles. The van der Waals surface area contributed by atoms with Crippen LogP contribution in [0.3, 0.4) is 0 Å². The van der Waals surface area contributed by atoms with Crippen LogP contribution in [-0.2, 0) is 0 Å². The van der Waals surface area contributed by atoms with Gasteiger partial charge >= 0.3 is 0 Å². The van der Waals surface area contributed by atoms with Gasteiger partial charge in [-0.05, 0) is 42.8 Å². The van der Waals surface area contributed by atoms with Crippen LogP contribution in [0.25, 0.3) is 16.7 Å². The van der Waals surface area contributed by atoms with Gasteiger partial charge in [0, 0.05) is 17.3 Å². The molecular weight excluding hydrogens is 362 g/mol. The minimum atomic E-state index is 0.00478. The van der Waals surface area contributed by atoms with Crippen molar-refractivity contribution in [3.05, 3.63) is 71.6 Å². The minimum Gasteiger partial charge on any atom is -0.395 e. The number of nitrogens with zero attached hydrogens (tertiary/aromatic N) is 5. The zero-order valence-electron chi connectivity index (χ0n) is 14.7. The first-order chi connectivity index (χ1) is 13.2. The number of benzene rings is 2. The molecule has 2 aromatic carbocycles. The fourth-order valence-corrected chi connectivity index (χ4v) is 3.37. The summed E-state index contributed by atoms with van der Waals surface area (Å²) in [7, 11) is 0. The number of hydrogen-bond donors (Lipinski definition) is 1. The molecule has 136 valence electrons. The lowest BCUT2D eigenvalue weighted by Crippen LogP contribution is -2.22. The topological polar surface area (TPSA) is 67.1 Å². The highest BCUT2D eigenvalue weighted by molar-refractivity contribution is 6.30. The maximum Gasteiger partial charge on any atom is 0.168 e. The van der Waals surface area contributed by atoms with E-state index in [0.29, 0.717) is 23.0 Å². The van der Waals surface area contributed by atoms with Crippen LogP contribution in [0.4, 0.5) is 11.5 Å². The van der Waals surface area contributed by atoms with Gasteiger partial charge in [0.15, 0.2) is 5.65 Å². The molecule has 4 aromatic rings. The standard InChI is InChI=1S/C20H18ClN5O/c1-14-11-15(21)7-8-18(14)26-20-17(12-24-26)19(22-13-23-20)25(9-10-27)16-5-3-2-4-6-16/h2-8,11-13,27H,9-10H2,1H3. The third kappa shape index (κ3) is 3.25. The zero-order valence-corrected chi connectivity index (χ0v) is 15.5. The molecule has 0 bridgehead atoms. The molecule has 0 atom stereocenters. The van der Waals surface area contributed by atoms with Crippen LogP contribution >= 0.6 is 11.6 Å². The highest BCUT2D eigenvalue weighted by Crippen LogP contribution is 2.30. The molecule has 4 rings (SSSR count). The fraction of sp³-hybridized carbons (Fsp3) is 0.150. The Morgan fingerprint density at radius 1 is 1.11 bits per heavy atom. The number of halogens is 1. The number of aromatic nitrogens is 4. The average Bonchev–Trinajstić information content (AvgIpc) is 3.11. The van der Waals surface area contributed by atoms with Crippen LogP contribution in [0.2, 0.25) is 5.02 Å². The summed E-state index contributed by atoms with van der Waals surface area (Å²) in [5.41, 5.74) is 3.56. The van der Waals surface area contributed by atoms with Crippen LogP contribution in [-0.4, -0.2) is 38.0 Å². The Morgan fingerprint density at radius 2 is 1.93 bits per heavy atom. The van der Waals surface area contributed by atoms with Crippen molar-refractivity contribution < 1.29 is 5.11 Å². The second-order valence-electron chi connectivity index (χ2n) is 6.13. The van der Waals surface area contributed by atoms with Crippen molar-refractivity contribution in [3.8, 4) is 5.69 Å². The minimum absolute atomic E-state index is 0.00478. The molecule has 0 aliphatic rings. The summed E-state index contributed by atoms with van der Waals surface area (Å²) in [5, 5.41) is 15.6. The van der Waals surface area contributed by atoms with Gasteiger partial charge in [-0.3, -0.25) is 0 Å². The first-order valence-electron chi connectivity index (χ1n) is 8.58. The van der Waals surface area contributed by atoms with E-state index in [4.69, 9.17) is 11.6 Å².